The molecule has 0 saturated carbocycles. The number of hydrogen-bond donors (Lipinski definition) is 2. The summed E-state index contributed by atoms with van der Waals surface area (Å²) in [4.78, 5) is 11.6. The van der Waals surface area contributed by atoms with E-state index < -0.39 is 5.97 Å². The summed E-state index contributed by atoms with van der Waals surface area (Å²) in [5.41, 5.74) is 7.63. The lowest BCUT2D eigenvalue weighted by Gasteiger charge is -2.32. The SMILES string of the molecule is CCCCCc1cc(CCCCC)c(C=CC(=O)O)c(C(C)c2cc(C(C)(C)CC)cc(C(C)(C)CC)c2O)c1. The molecule has 40 heavy (non-hydrogen) atoms. The van der Waals surface area contributed by atoms with E-state index in [-0.39, 0.29) is 16.7 Å². The second-order valence-corrected chi connectivity index (χ2v) is 13.0. The molecule has 0 saturated heterocycles. The molecule has 0 spiro atoms. The zero-order chi connectivity index (χ0) is 30.1. The third kappa shape index (κ3) is 8.48. The maximum atomic E-state index is 11.8. The van der Waals surface area contributed by atoms with Gasteiger partial charge in [0.05, 0.1) is 0 Å². The molecule has 3 nitrogen and oxygen atoms in total. The number of benzene rings is 2. The second-order valence-electron chi connectivity index (χ2n) is 13.0. The number of carbonyl (C=O) groups is 1. The monoisotopic (exact) mass is 548 g/mol. The van der Waals surface area contributed by atoms with Crippen molar-refractivity contribution < 1.29 is 15.0 Å². The zero-order valence-electron chi connectivity index (χ0n) is 26.9. The molecule has 2 aromatic rings. The molecule has 222 valence electrons. The Labute approximate surface area is 245 Å². The van der Waals surface area contributed by atoms with Crippen LogP contribution < -0.4 is 0 Å². The van der Waals surface area contributed by atoms with Gasteiger partial charge in [0.25, 0.3) is 0 Å². The summed E-state index contributed by atoms with van der Waals surface area (Å²) >= 11 is 0. The zero-order valence-corrected chi connectivity index (χ0v) is 26.9. The molecule has 0 fully saturated rings. The van der Waals surface area contributed by atoms with E-state index in [1.54, 1.807) is 6.08 Å². The Morgan fingerprint density at radius 2 is 1.43 bits per heavy atom. The van der Waals surface area contributed by atoms with E-state index >= 15 is 0 Å². The van der Waals surface area contributed by atoms with Gasteiger partial charge in [0, 0.05) is 23.1 Å². The lowest BCUT2D eigenvalue weighted by molar-refractivity contribution is -0.131. The van der Waals surface area contributed by atoms with E-state index in [0.29, 0.717) is 5.75 Å². The number of aliphatic carboxylic acids is 1. The van der Waals surface area contributed by atoms with Crippen LogP contribution in [0.15, 0.2) is 30.3 Å². The predicted molar refractivity (Wildman–Crippen MR) is 172 cm³/mol. The average molecular weight is 549 g/mol. The van der Waals surface area contributed by atoms with Gasteiger partial charge in [-0.1, -0.05) is 112 Å². The van der Waals surface area contributed by atoms with Crippen LogP contribution in [0.1, 0.15) is 159 Å². The quantitative estimate of drug-likeness (QED) is 0.162. The van der Waals surface area contributed by atoms with Crippen LogP contribution in [0.3, 0.4) is 0 Å². The molecule has 0 aromatic heterocycles. The van der Waals surface area contributed by atoms with Crippen LogP contribution in [-0.4, -0.2) is 16.2 Å². The fourth-order valence-corrected chi connectivity index (χ4v) is 5.47. The van der Waals surface area contributed by atoms with Crippen LogP contribution >= 0.6 is 0 Å². The summed E-state index contributed by atoms with van der Waals surface area (Å²) in [6.45, 7) is 20.0. The van der Waals surface area contributed by atoms with Gasteiger partial charge < -0.3 is 10.2 Å². The Morgan fingerprint density at radius 1 is 0.825 bits per heavy atom. The Balaban J connectivity index is 2.88. The summed E-state index contributed by atoms with van der Waals surface area (Å²) in [6, 6.07) is 9.03. The van der Waals surface area contributed by atoms with Gasteiger partial charge in [0.2, 0.25) is 0 Å². The molecule has 1 atom stereocenters. The highest BCUT2D eigenvalue weighted by Gasteiger charge is 2.30. The highest BCUT2D eigenvalue weighted by Crippen LogP contribution is 2.45. The molecular formula is C37H56O3. The van der Waals surface area contributed by atoms with Crippen LogP contribution in [-0.2, 0) is 28.5 Å². The van der Waals surface area contributed by atoms with Crippen LogP contribution in [0.5, 0.6) is 5.75 Å². The lowest BCUT2D eigenvalue weighted by atomic mass is 9.73. The van der Waals surface area contributed by atoms with Gasteiger partial charge in [-0.2, -0.15) is 0 Å². The van der Waals surface area contributed by atoms with E-state index in [2.05, 4.69) is 86.6 Å². The van der Waals surface area contributed by atoms with Crippen molar-refractivity contribution in [2.45, 2.75) is 143 Å². The molecule has 2 rings (SSSR count). The van der Waals surface area contributed by atoms with Gasteiger partial charge >= 0.3 is 5.97 Å². The minimum absolute atomic E-state index is 0.0277. The number of phenols is 1. The van der Waals surface area contributed by atoms with Crippen molar-refractivity contribution >= 4 is 12.0 Å². The molecule has 0 bridgehead atoms. The van der Waals surface area contributed by atoms with Gasteiger partial charge in [0.15, 0.2) is 0 Å². The van der Waals surface area contributed by atoms with Crippen LogP contribution in [0, 0.1) is 0 Å². The third-order valence-electron chi connectivity index (χ3n) is 9.22. The molecule has 0 heterocycles. The van der Waals surface area contributed by atoms with Crippen LogP contribution in [0.2, 0.25) is 0 Å². The molecule has 0 amide bonds. The number of rotatable bonds is 16. The maximum Gasteiger partial charge on any atom is 0.328 e. The van der Waals surface area contributed by atoms with Gasteiger partial charge in [-0.05, 0) is 83.2 Å². The summed E-state index contributed by atoms with van der Waals surface area (Å²) in [7, 11) is 0. The maximum absolute atomic E-state index is 11.8. The smallest absolute Gasteiger partial charge is 0.328 e. The number of hydrogen-bond acceptors (Lipinski definition) is 2. The van der Waals surface area contributed by atoms with Crippen molar-refractivity contribution in [3.05, 3.63) is 69.3 Å². The average Bonchev–Trinajstić information content (AvgIpc) is 2.91. The Bertz CT molecular complexity index is 1150. The van der Waals surface area contributed by atoms with Crippen molar-refractivity contribution in [2.24, 2.45) is 0 Å². The largest absolute Gasteiger partial charge is 0.507 e. The van der Waals surface area contributed by atoms with Crippen molar-refractivity contribution in [1.82, 2.24) is 0 Å². The first-order chi connectivity index (χ1) is 18.8. The van der Waals surface area contributed by atoms with E-state index in [0.717, 1.165) is 73.6 Å². The third-order valence-corrected chi connectivity index (χ3v) is 9.22. The normalized spacial score (nSPS) is 13.2. The molecule has 3 heteroatoms. The topological polar surface area (TPSA) is 57.5 Å². The minimum Gasteiger partial charge on any atom is -0.507 e. The summed E-state index contributed by atoms with van der Waals surface area (Å²) < 4.78 is 0. The summed E-state index contributed by atoms with van der Waals surface area (Å²) in [6.07, 6.45) is 13.8. The molecule has 0 aliphatic rings. The van der Waals surface area contributed by atoms with Gasteiger partial charge in [-0.3, -0.25) is 0 Å². The molecule has 2 N–H and O–H groups in total. The number of carboxylic acid groups (broad SMARTS) is 1. The number of carboxylic acids is 1. The number of aromatic hydroxyl groups is 1. The van der Waals surface area contributed by atoms with E-state index in [4.69, 9.17) is 0 Å². The number of phenolic OH excluding ortho intramolecular Hbond substituents is 1. The number of aryl methyl sites for hydroxylation is 2. The highest BCUT2D eigenvalue weighted by atomic mass is 16.4. The van der Waals surface area contributed by atoms with Crippen molar-refractivity contribution in [3.63, 3.8) is 0 Å². The first-order valence-electron chi connectivity index (χ1n) is 15.8. The van der Waals surface area contributed by atoms with Crippen molar-refractivity contribution in [1.29, 1.82) is 0 Å². The Kier molecular flexibility index (Phi) is 12.5. The molecule has 0 radical (unpaired) electrons. The second kappa shape index (κ2) is 14.9. The Hall–Kier alpha value is -2.55. The van der Waals surface area contributed by atoms with E-state index in [1.807, 2.05) is 0 Å². The van der Waals surface area contributed by atoms with Gasteiger partial charge in [-0.25, -0.2) is 4.79 Å². The fraction of sp³-hybridized carbons (Fsp3) is 0.595. The van der Waals surface area contributed by atoms with Gasteiger partial charge in [-0.15, -0.1) is 0 Å². The standard InChI is InChI=1S/C37H56O3/c1-10-14-16-18-27-22-28(19-17-15-11-2)30(20-21-34(38)39)31(23-27)26(5)32-24-29(36(6,7)12-3)25-33(35(32)40)37(8,9)13-4/h20-26,40H,10-19H2,1-9H3,(H,38,39). The summed E-state index contributed by atoms with van der Waals surface area (Å²) in [5, 5.41) is 21.4. The van der Waals surface area contributed by atoms with E-state index in [1.165, 1.54) is 35.6 Å². The van der Waals surface area contributed by atoms with Crippen LogP contribution in [0.4, 0.5) is 0 Å². The fourth-order valence-electron chi connectivity index (χ4n) is 5.47. The Morgan fingerprint density at radius 3 is 1.98 bits per heavy atom. The molecule has 0 aliphatic heterocycles. The number of unbranched alkanes of at least 4 members (excludes halogenated alkanes) is 4. The van der Waals surface area contributed by atoms with Crippen LogP contribution in [0.25, 0.3) is 6.08 Å². The highest BCUT2D eigenvalue weighted by molar-refractivity contribution is 5.86. The first-order valence-corrected chi connectivity index (χ1v) is 15.8. The molecule has 0 aliphatic carbocycles. The summed E-state index contributed by atoms with van der Waals surface area (Å²) in [5.74, 6) is -0.651. The molecule has 2 aromatic carbocycles. The van der Waals surface area contributed by atoms with E-state index in [9.17, 15) is 15.0 Å². The van der Waals surface area contributed by atoms with Gasteiger partial charge in [0.1, 0.15) is 5.75 Å². The predicted octanol–water partition coefficient (Wildman–Crippen LogP) is 10.5. The minimum atomic E-state index is -0.938. The van der Waals surface area contributed by atoms with Crippen molar-refractivity contribution in [2.75, 3.05) is 0 Å². The molecule has 1 unspecified atom stereocenters. The van der Waals surface area contributed by atoms with Crippen molar-refractivity contribution in [3.8, 4) is 5.75 Å². The molecular weight excluding hydrogens is 492 g/mol. The lowest BCUT2D eigenvalue weighted by Crippen LogP contribution is -2.21. The first kappa shape index (κ1) is 33.7.